The molecule has 0 aromatic heterocycles. The molecule has 3 N–H and O–H groups in total. The third-order valence-corrected chi connectivity index (χ3v) is 8.04. The van der Waals surface area contributed by atoms with Crippen molar-refractivity contribution >= 4 is 23.5 Å². The summed E-state index contributed by atoms with van der Waals surface area (Å²) in [6.45, 7) is 5.92. The van der Waals surface area contributed by atoms with E-state index in [2.05, 4.69) is 26.0 Å². The molecule has 3 aromatic rings. The number of ether oxygens (including phenoxy) is 1. The smallest absolute Gasteiger partial charge is 0.243 e. The summed E-state index contributed by atoms with van der Waals surface area (Å²) < 4.78 is 5.38. The predicted molar refractivity (Wildman–Crippen MR) is 178 cm³/mol. The maximum Gasteiger partial charge on any atom is 0.243 e. The van der Waals surface area contributed by atoms with E-state index in [1.807, 2.05) is 105 Å². The Morgan fingerprint density at radius 1 is 0.723 bits per heavy atom. The molecule has 0 spiro atoms. The fourth-order valence-corrected chi connectivity index (χ4v) is 5.34. The van der Waals surface area contributed by atoms with Crippen LogP contribution in [0.2, 0.25) is 0 Å². The minimum Gasteiger partial charge on any atom is -0.361 e. The number of hydrogen-bond donors (Lipinski definition) is 3. The Kier molecular flexibility index (Phi) is 12.3. The molecule has 0 radical (unpaired) electrons. The number of benzene rings is 3. The Labute approximate surface area is 275 Å². The normalized spacial score (nSPS) is 17.7. The van der Waals surface area contributed by atoms with Crippen LogP contribution in [0.5, 0.6) is 0 Å². The lowest BCUT2D eigenvalue weighted by Gasteiger charge is -2.27. The molecule has 11 nitrogen and oxygen atoms in total. The molecule has 1 aliphatic heterocycles. The second kappa shape index (κ2) is 16.5. The van der Waals surface area contributed by atoms with E-state index in [1.54, 1.807) is 6.92 Å². The quantitative estimate of drug-likeness (QED) is 0.0869. The molecule has 3 amide bonds. The van der Waals surface area contributed by atoms with Crippen LogP contribution in [0.3, 0.4) is 0 Å². The summed E-state index contributed by atoms with van der Waals surface area (Å²) >= 11 is 0. The molecule has 0 bridgehead atoms. The number of rotatable bonds is 17. The molecular formula is C36H42N6O5. The molecule has 1 fully saturated rings. The molecule has 1 saturated heterocycles. The Bertz CT molecular complexity index is 1560. The van der Waals surface area contributed by atoms with Crippen molar-refractivity contribution in [3.63, 3.8) is 0 Å². The average Bonchev–Trinajstić information content (AvgIpc) is 3.82. The number of azide groups is 1. The lowest BCUT2D eigenvalue weighted by molar-refractivity contribution is -0.134. The summed E-state index contributed by atoms with van der Waals surface area (Å²) in [5, 5.41) is 12.2. The first kappa shape index (κ1) is 34.9. The highest BCUT2D eigenvalue weighted by atomic mass is 16.6. The zero-order chi connectivity index (χ0) is 33.8. The van der Waals surface area contributed by atoms with Gasteiger partial charge < -0.3 is 20.7 Å². The van der Waals surface area contributed by atoms with E-state index in [1.165, 1.54) is 0 Å². The van der Waals surface area contributed by atoms with Gasteiger partial charge in [0.1, 0.15) is 23.7 Å². The molecule has 5 atom stereocenters. The van der Waals surface area contributed by atoms with E-state index in [9.17, 15) is 24.7 Å². The van der Waals surface area contributed by atoms with Crippen molar-refractivity contribution in [2.75, 3.05) is 6.61 Å². The van der Waals surface area contributed by atoms with Gasteiger partial charge in [0.25, 0.3) is 0 Å². The standard InChI is InChI=1S/C36H42N6O5/c1-24(2)19-28(32(43)36(3)23-47-36)38-33(44)29(20-25-13-7-4-8-14-25)39-34(45)30(21-26-15-9-5-10-16-26)40-35(46)31(41-42-37)22-27-17-11-6-12-18-27/h4-18,24,28-31H,19-23H2,1-3H3,(H,38,44)(H,39,45)(H,40,46)/t28-,29-,30-,31-,36-/m0/s1. The number of Topliss-reactive ketones (excluding diaryl/α,β-unsaturated/α-hetero) is 1. The third-order valence-electron chi connectivity index (χ3n) is 8.04. The molecule has 246 valence electrons. The van der Waals surface area contributed by atoms with E-state index in [0.717, 1.165) is 16.7 Å². The second-order valence-electron chi connectivity index (χ2n) is 12.5. The van der Waals surface area contributed by atoms with Crippen molar-refractivity contribution in [1.82, 2.24) is 16.0 Å². The Hall–Kier alpha value is -4.99. The van der Waals surface area contributed by atoms with Gasteiger partial charge in [-0.3, -0.25) is 19.2 Å². The van der Waals surface area contributed by atoms with Crippen molar-refractivity contribution in [3.8, 4) is 0 Å². The molecule has 11 heteroatoms. The number of carbonyl (C=O) groups is 4. The zero-order valence-electron chi connectivity index (χ0n) is 27.0. The topological polar surface area (TPSA) is 166 Å². The summed E-state index contributed by atoms with van der Waals surface area (Å²) in [5.74, 6) is -1.83. The second-order valence-corrected chi connectivity index (χ2v) is 12.5. The highest BCUT2D eigenvalue weighted by Crippen LogP contribution is 2.29. The van der Waals surface area contributed by atoms with Gasteiger partial charge in [0.15, 0.2) is 5.78 Å². The molecule has 0 saturated carbocycles. The van der Waals surface area contributed by atoms with Gasteiger partial charge in [0.2, 0.25) is 17.7 Å². The van der Waals surface area contributed by atoms with E-state index >= 15 is 0 Å². The van der Waals surface area contributed by atoms with Crippen LogP contribution in [0.15, 0.2) is 96.1 Å². The van der Waals surface area contributed by atoms with E-state index < -0.39 is 47.5 Å². The van der Waals surface area contributed by atoms with Gasteiger partial charge in [-0.1, -0.05) is 110 Å². The van der Waals surface area contributed by atoms with Crippen molar-refractivity contribution < 1.29 is 23.9 Å². The molecule has 4 rings (SSSR count). The lowest BCUT2D eigenvalue weighted by atomic mass is 9.93. The van der Waals surface area contributed by atoms with Crippen molar-refractivity contribution in [2.24, 2.45) is 11.0 Å². The molecule has 0 aliphatic carbocycles. The fraction of sp³-hybridized carbons (Fsp3) is 0.389. The van der Waals surface area contributed by atoms with Crippen LogP contribution in [0.4, 0.5) is 0 Å². The number of carbonyl (C=O) groups excluding carboxylic acids is 4. The van der Waals surface area contributed by atoms with Crippen LogP contribution in [-0.2, 0) is 43.2 Å². The first-order chi connectivity index (χ1) is 22.6. The van der Waals surface area contributed by atoms with E-state index in [4.69, 9.17) is 4.74 Å². The number of nitrogens with one attached hydrogen (secondary N) is 3. The van der Waals surface area contributed by atoms with Gasteiger partial charge >= 0.3 is 0 Å². The summed E-state index contributed by atoms with van der Waals surface area (Å²) in [6, 6.07) is 23.4. The van der Waals surface area contributed by atoms with Crippen LogP contribution in [-0.4, -0.2) is 59.9 Å². The maximum atomic E-state index is 14.0. The largest absolute Gasteiger partial charge is 0.361 e. The Morgan fingerprint density at radius 3 is 1.53 bits per heavy atom. The van der Waals surface area contributed by atoms with Crippen molar-refractivity contribution in [1.29, 1.82) is 0 Å². The van der Waals surface area contributed by atoms with Gasteiger partial charge in [0.05, 0.1) is 12.6 Å². The molecule has 0 unspecified atom stereocenters. The first-order valence-corrected chi connectivity index (χ1v) is 15.8. The van der Waals surface area contributed by atoms with E-state index in [0.29, 0.717) is 13.0 Å². The van der Waals surface area contributed by atoms with Crippen LogP contribution >= 0.6 is 0 Å². The predicted octanol–water partition coefficient (Wildman–Crippen LogP) is 4.25. The van der Waals surface area contributed by atoms with Gasteiger partial charge in [-0.05, 0) is 47.9 Å². The number of amides is 3. The maximum absolute atomic E-state index is 14.0. The monoisotopic (exact) mass is 638 g/mol. The van der Waals surface area contributed by atoms with E-state index in [-0.39, 0.29) is 31.0 Å². The first-order valence-electron chi connectivity index (χ1n) is 15.8. The molecule has 47 heavy (non-hydrogen) atoms. The fourth-order valence-electron chi connectivity index (χ4n) is 5.34. The Morgan fingerprint density at radius 2 is 1.13 bits per heavy atom. The number of ketones is 1. The summed E-state index contributed by atoms with van der Waals surface area (Å²) in [7, 11) is 0. The van der Waals surface area contributed by atoms with Gasteiger partial charge in [0, 0.05) is 17.8 Å². The van der Waals surface area contributed by atoms with Crippen molar-refractivity contribution in [3.05, 3.63) is 118 Å². The lowest BCUT2D eigenvalue weighted by Crippen LogP contribution is -2.58. The molecule has 3 aromatic carbocycles. The number of nitrogens with zero attached hydrogens (tertiary/aromatic N) is 3. The summed E-state index contributed by atoms with van der Waals surface area (Å²) in [4.78, 5) is 57.5. The number of epoxide rings is 1. The minimum absolute atomic E-state index is 0.110. The summed E-state index contributed by atoms with van der Waals surface area (Å²) in [5.41, 5.74) is 10.6. The highest BCUT2D eigenvalue weighted by Gasteiger charge is 2.50. The Balaban J connectivity index is 1.58. The van der Waals surface area contributed by atoms with Gasteiger partial charge in [-0.25, -0.2) is 0 Å². The SMILES string of the molecule is CC(C)C[C@H](NC(=O)[C@H](Cc1ccccc1)NC(=O)[C@H](Cc1ccccc1)NC(=O)[C@H](Cc1ccccc1)N=[N+]=[N-])C(=O)[C@]1(C)CO1. The molecular weight excluding hydrogens is 596 g/mol. The molecule has 1 heterocycles. The van der Waals surface area contributed by atoms with Crippen molar-refractivity contribution in [2.45, 2.75) is 76.2 Å². The minimum atomic E-state index is -1.11. The van der Waals surface area contributed by atoms with Crippen LogP contribution in [0, 0.1) is 5.92 Å². The summed E-state index contributed by atoms with van der Waals surface area (Å²) in [6.07, 6.45) is 0.820. The number of hydrogen-bond acceptors (Lipinski definition) is 6. The van der Waals surface area contributed by atoms with Crippen LogP contribution < -0.4 is 16.0 Å². The van der Waals surface area contributed by atoms with Gasteiger partial charge in [-0.15, -0.1) is 0 Å². The van der Waals surface area contributed by atoms with Crippen LogP contribution in [0.25, 0.3) is 10.4 Å². The third kappa shape index (κ3) is 10.5. The van der Waals surface area contributed by atoms with Gasteiger partial charge in [-0.2, -0.15) is 0 Å². The average molecular weight is 639 g/mol. The molecule has 1 aliphatic rings. The zero-order valence-corrected chi connectivity index (χ0v) is 27.0. The highest BCUT2D eigenvalue weighted by molar-refractivity contribution is 5.98. The van der Waals surface area contributed by atoms with Crippen LogP contribution in [0.1, 0.15) is 43.9 Å².